The normalized spacial score (nSPS) is 21.2. The summed E-state index contributed by atoms with van der Waals surface area (Å²) in [5.74, 6) is 0.439. The first-order valence-corrected chi connectivity index (χ1v) is 10.8. The van der Waals surface area contributed by atoms with Crippen LogP contribution in [0.3, 0.4) is 0 Å². The molecule has 3 heterocycles. The summed E-state index contributed by atoms with van der Waals surface area (Å²) in [5, 5.41) is 0. The molecule has 2 aliphatic rings. The van der Waals surface area contributed by atoms with Gasteiger partial charge in [0.25, 0.3) is 5.91 Å². The van der Waals surface area contributed by atoms with Crippen molar-refractivity contribution in [2.24, 2.45) is 0 Å². The van der Waals surface area contributed by atoms with Gasteiger partial charge in [-0.3, -0.25) is 19.5 Å². The lowest BCUT2D eigenvalue weighted by Crippen LogP contribution is -2.49. The van der Waals surface area contributed by atoms with Crippen LogP contribution in [0.5, 0.6) is 5.75 Å². The third-order valence-electron chi connectivity index (χ3n) is 6.86. The van der Waals surface area contributed by atoms with E-state index in [0.717, 1.165) is 29.8 Å². The van der Waals surface area contributed by atoms with Crippen molar-refractivity contribution in [3.8, 4) is 5.75 Å². The summed E-state index contributed by atoms with van der Waals surface area (Å²) in [6.07, 6.45) is -2.67. The zero-order valence-corrected chi connectivity index (χ0v) is 18.7. The van der Waals surface area contributed by atoms with Crippen LogP contribution in [0.2, 0.25) is 0 Å². The zero-order valence-electron chi connectivity index (χ0n) is 18.7. The van der Waals surface area contributed by atoms with E-state index in [4.69, 9.17) is 11.3 Å². The maximum Gasteiger partial charge on any atom is 0.433 e. The standard InChI is InChI=1S/C24H25F3N4O2/c1-14-15(2)21(33-13-28-4)7-6-20(14)16(3)30-11-19-9-18(30)12-31(19)23(32)17-5-8-22(29-10-17)24(25,26)27/h5-8,10,16,18-19H,9,11-13H2,1-3H3/t16-,18+,19+/m0/s1. The van der Waals surface area contributed by atoms with Crippen molar-refractivity contribution >= 4 is 5.91 Å². The maximum absolute atomic E-state index is 12.9. The number of carbonyl (C=O) groups excluding carboxylic acids is 1. The number of fused-ring (bicyclic) bond motifs is 2. The predicted octanol–water partition coefficient (Wildman–Crippen LogP) is 4.63. The molecule has 0 saturated carbocycles. The fraction of sp³-hybridized carbons (Fsp3) is 0.458. The van der Waals surface area contributed by atoms with Gasteiger partial charge < -0.3 is 9.64 Å². The van der Waals surface area contributed by atoms with E-state index in [9.17, 15) is 18.0 Å². The Balaban J connectivity index is 1.45. The minimum absolute atomic E-state index is 0.0105. The Morgan fingerprint density at radius 1 is 1.21 bits per heavy atom. The Labute approximate surface area is 190 Å². The molecule has 0 spiro atoms. The van der Waals surface area contributed by atoms with Crippen molar-refractivity contribution in [3.63, 3.8) is 0 Å². The highest BCUT2D eigenvalue weighted by atomic mass is 19.4. The molecule has 0 N–H and O–H groups in total. The number of carbonyl (C=O) groups is 1. The van der Waals surface area contributed by atoms with E-state index in [0.29, 0.717) is 18.8 Å². The molecule has 33 heavy (non-hydrogen) atoms. The Hall–Kier alpha value is -3.12. The topological polar surface area (TPSA) is 50.0 Å². The number of amides is 1. The minimum atomic E-state index is -4.53. The summed E-state index contributed by atoms with van der Waals surface area (Å²) in [4.78, 5) is 23.7. The fourth-order valence-electron chi connectivity index (χ4n) is 4.98. The van der Waals surface area contributed by atoms with Gasteiger partial charge in [-0.15, -0.1) is 0 Å². The van der Waals surface area contributed by atoms with E-state index < -0.39 is 11.9 Å². The number of pyridine rings is 1. The van der Waals surface area contributed by atoms with Gasteiger partial charge >= 0.3 is 12.9 Å². The molecule has 4 rings (SSSR count). The summed E-state index contributed by atoms with van der Waals surface area (Å²) >= 11 is 0. The van der Waals surface area contributed by atoms with Gasteiger partial charge in [-0.1, -0.05) is 6.07 Å². The van der Waals surface area contributed by atoms with Gasteiger partial charge in [0.05, 0.1) is 5.56 Å². The molecule has 0 radical (unpaired) electrons. The Morgan fingerprint density at radius 3 is 2.55 bits per heavy atom. The molecule has 0 aliphatic carbocycles. The molecule has 0 unspecified atom stereocenters. The largest absolute Gasteiger partial charge is 0.433 e. The molecular formula is C24H25F3N4O2. The lowest BCUT2D eigenvalue weighted by molar-refractivity contribution is -0.141. The number of alkyl halides is 3. The van der Waals surface area contributed by atoms with Crippen molar-refractivity contribution in [1.29, 1.82) is 0 Å². The lowest BCUT2D eigenvalue weighted by atomic mass is 9.96. The van der Waals surface area contributed by atoms with Crippen LogP contribution in [0.15, 0.2) is 30.5 Å². The average Bonchev–Trinajstić information content (AvgIpc) is 3.40. The number of piperazine rings is 1. The van der Waals surface area contributed by atoms with E-state index in [2.05, 4.69) is 21.7 Å². The Kier molecular flexibility index (Phi) is 6.06. The van der Waals surface area contributed by atoms with E-state index in [1.165, 1.54) is 11.6 Å². The van der Waals surface area contributed by atoms with Crippen molar-refractivity contribution in [2.75, 3.05) is 19.8 Å². The van der Waals surface area contributed by atoms with Crippen LogP contribution >= 0.6 is 0 Å². The van der Waals surface area contributed by atoms with Crippen LogP contribution in [0.4, 0.5) is 13.2 Å². The number of hydrogen-bond acceptors (Lipinski definition) is 4. The van der Waals surface area contributed by atoms with Crippen molar-refractivity contribution in [1.82, 2.24) is 14.8 Å². The summed E-state index contributed by atoms with van der Waals surface area (Å²) in [7, 11) is 0. The Morgan fingerprint density at radius 2 is 1.97 bits per heavy atom. The van der Waals surface area contributed by atoms with Gasteiger partial charge in [0, 0.05) is 37.4 Å². The molecule has 2 bridgehead atoms. The second-order valence-corrected chi connectivity index (χ2v) is 8.64. The van der Waals surface area contributed by atoms with Crippen molar-refractivity contribution in [3.05, 3.63) is 69.8 Å². The first kappa shape index (κ1) is 23.1. The van der Waals surface area contributed by atoms with Gasteiger partial charge in [-0.2, -0.15) is 13.2 Å². The summed E-state index contributed by atoms with van der Waals surface area (Å²) < 4.78 is 43.8. The van der Waals surface area contributed by atoms with Crippen LogP contribution in [0.1, 0.15) is 52.1 Å². The van der Waals surface area contributed by atoms with Crippen LogP contribution < -0.4 is 4.74 Å². The summed E-state index contributed by atoms with van der Waals surface area (Å²) in [5.41, 5.74) is 2.49. The SMILES string of the molecule is [C-]#[N+]COc1ccc([C@H](C)N2C[C@H]3C[C@@H]2CN3C(=O)c2ccc(C(F)(F)F)nc2)c(C)c1C. The van der Waals surface area contributed by atoms with Crippen molar-refractivity contribution < 1.29 is 22.7 Å². The minimum Gasteiger partial charge on any atom is -0.426 e. The van der Waals surface area contributed by atoms with Crippen LogP contribution in [0.25, 0.3) is 4.85 Å². The molecule has 2 saturated heterocycles. The smallest absolute Gasteiger partial charge is 0.426 e. The molecule has 1 aromatic heterocycles. The van der Waals surface area contributed by atoms with E-state index in [1.54, 1.807) is 4.90 Å². The molecule has 1 amide bonds. The fourth-order valence-corrected chi connectivity index (χ4v) is 4.98. The predicted molar refractivity (Wildman–Crippen MR) is 116 cm³/mol. The van der Waals surface area contributed by atoms with Gasteiger partial charge in [0.2, 0.25) is 0 Å². The zero-order chi connectivity index (χ0) is 23.9. The summed E-state index contributed by atoms with van der Waals surface area (Å²) in [6.45, 7) is 14.3. The second kappa shape index (κ2) is 8.67. The first-order valence-electron chi connectivity index (χ1n) is 10.8. The highest BCUT2D eigenvalue weighted by Crippen LogP contribution is 2.39. The number of likely N-dealkylation sites (tertiary alicyclic amines) is 2. The maximum atomic E-state index is 12.9. The number of ether oxygens (including phenoxy) is 1. The molecule has 1 aromatic carbocycles. The Bertz CT molecular complexity index is 1090. The highest BCUT2D eigenvalue weighted by Gasteiger charge is 2.47. The summed E-state index contributed by atoms with van der Waals surface area (Å²) in [6, 6.07) is 6.35. The number of hydrogen-bond donors (Lipinski definition) is 0. The quantitative estimate of drug-likeness (QED) is 0.613. The number of nitrogens with zero attached hydrogens (tertiary/aromatic N) is 4. The molecule has 2 aliphatic heterocycles. The van der Waals surface area contributed by atoms with Gasteiger partial charge in [-0.25, -0.2) is 6.57 Å². The van der Waals surface area contributed by atoms with E-state index >= 15 is 0 Å². The number of benzene rings is 1. The van der Waals surface area contributed by atoms with Crippen LogP contribution in [-0.2, 0) is 6.18 Å². The lowest BCUT2D eigenvalue weighted by Gasteiger charge is -2.38. The third kappa shape index (κ3) is 4.27. The monoisotopic (exact) mass is 458 g/mol. The number of halogens is 3. The molecule has 2 fully saturated rings. The molecule has 9 heteroatoms. The number of rotatable bonds is 5. The average molecular weight is 458 g/mol. The molecule has 6 nitrogen and oxygen atoms in total. The molecule has 174 valence electrons. The van der Waals surface area contributed by atoms with Gasteiger partial charge in [0.15, 0.2) is 0 Å². The molecular weight excluding hydrogens is 433 g/mol. The van der Waals surface area contributed by atoms with E-state index in [-0.39, 0.29) is 36.3 Å². The number of aromatic nitrogens is 1. The second-order valence-electron chi connectivity index (χ2n) is 8.64. The molecule has 3 atom stereocenters. The first-order chi connectivity index (χ1) is 15.6. The molecule has 2 aromatic rings. The van der Waals surface area contributed by atoms with E-state index in [1.807, 2.05) is 26.0 Å². The third-order valence-corrected chi connectivity index (χ3v) is 6.86. The van der Waals surface area contributed by atoms with Crippen molar-refractivity contribution in [2.45, 2.75) is 51.5 Å². The van der Waals surface area contributed by atoms with Crippen LogP contribution in [0, 0.1) is 20.4 Å². The van der Waals surface area contributed by atoms with Crippen LogP contribution in [-0.4, -0.2) is 52.6 Å². The van der Waals surface area contributed by atoms with Gasteiger partial charge in [0.1, 0.15) is 11.4 Å². The van der Waals surface area contributed by atoms with Gasteiger partial charge in [-0.05, 0) is 62.1 Å². The highest BCUT2D eigenvalue weighted by molar-refractivity contribution is 5.94.